The van der Waals surface area contributed by atoms with Crippen molar-refractivity contribution in [2.75, 3.05) is 37.9 Å². The Kier molecular flexibility index (Phi) is 10.4. The average Bonchev–Trinajstić information content (AvgIpc) is 2.85. The van der Waals surface area contributed by atoms with Gasteiger partial charge in [0.05, 0.1) is 26.2 Å². The van der Waals surface area contributed by atoms with Crippen LogP contribution in [0.3, 0.4) is 0 Å². The highest BCUT2D eigenvalue weighted by molar-refractivity contribution is 7.92. The van der Waals surface area contributed by atoms with Crippen LogP contribution in [0.15, 0.2) is 48.5 Å². The molecule has 2 aromatic rings. The predicted molar refractivity (Wildman–Crippen MR) is 136 cm³/mol. The minimum absolute atomic E-state index is 0.162. The van der Waals surface area contributed by atoms with Gasteiger partial charge in [0.15, 0.2) is 0 Å². The van der Waals surface area contributed by atoms with Gasteiger partial charge in [-0.3, -0.25) is 13.9 Å². The molecule has 1 N–H and O–H groups in total. The number of ether oxygens (including phenoxy) is 2. The molecule has 10 heteroatoms. The van der Waals surface area contributed by atoms with Crippen molar-refractivity contribution < 1.29 is 27.5 Å². The second kappa shape index (κ2) is 13.0. The molecular formula is C25H35N3O6S. The minimum atomic E-state index is -3.87. The van der Waals surface area contributed by atoms with E-state index in [2.05, 4.69) is 5.32 Å². The zero-order valence-electron chi connectivity index (χ0n) is 21.0. The van der Waals surface area contributed by atoms with E-state index < -0.39 is 28.5 Å². The van der Waals surface area contributed by atoms with Crippen molar-refractivity contribution in [3.8, 4) is 11.5 Å². The number of amides is 2. The first-order valence-corrected chi connectivity index (χ1v) is 13.3. The first-order chi connectivity index (χ1) is 16.7. The molecular weight excluding hydrogens is 470 g/mol. The van der Waals surface area contributed by atoms with Crippen molar-refractivity contribution in [3.05, 3.63) is 54.1 Å². The van der Waals surface area contributed by atoms with Crippen LogP contribution in [0.1, 0.15) is 32.3 Å². The summed E-state index contributed by atoms with van der Waals surface area (Å²) in [6.45, 7) is 3.92. The maximum absolute atomic E-state index is 13.7. The van der Waals surface area contributed by atoms with Crippen molar-refractivity contribution in [3.63, 3.8) is 0 Å². The van der Waals surface area contributed by atoms with Gasteiger partial charge < -0.3 is 19.7 Å². The molecule has 1 atom stereocenters. The number of carbonyl (C=O) groups excluding carboxylic acids is 2. The Morgan fingerprint density at radius 1 is 1.03 bits per heavy atom. The van der Waals surface area contributed by atoms with Crippen LogP contribution in [-0.2, 0) is 26.2 Å². The summed E-state index contributed by atoms with van der Waals surface area (Å²) in [5, 5.41) is 2.85. The number of nitrogens with zero attached hydrogens (tertiary/aromatic N) is 2. The molecule has 0 spiro atoms. The van der Waals surface area contributed by atoms with Gasteiger partial charge in [0.25, 0.3) is 0 Å². The Hall–Kier alpha value is -3.27. The quantitative estimate of drug-likeness (QED) is 0.449. The van der Waals surface area contributed by atoms with E-state index in [1.54, 1.807) is 12.1 Å². The number of nitrogens with one attached hydrogen (secondary N) is 1. The van der Waals surface area contributed by atoms with E-state index in [-0.39, 0.29) is 23.9 Å². The number of sulfonamides is 1. The highest BCUT2D eigenvalue weighted by Crippen LogP contribution is 2.33. The van der Waals surface area contributed by atoms with Crippen molar-refractivity contribution in [2.24, 2.45) is 0 Å². The fourth-order valence-corrected chi connectivity index (χ4v) is 4.50. The molecule has 0 aliphatic heterocycles. The molecule has 2 aromatic carbocycles. The number of methoxy groups -OCH3 is 2. The summed E-state index contributed by atoms with van der Waals surface area (Å²) < 4.78 is 37.1. The van der Waals surface area contributed by atoms with E-state index in [0.717, 1.165) is 22.5 Å². The molecule has 0 unspecified atom stereocenters. The van der Waals surface area contributed by atoms with Gasteiger partial charge in [-0.15, -0.1) is 0 Å². The highest BCUT2D eigenvalue weighted by Gasteiger charge is 2.32. The Balaban J connectivity index is 2.47. The monoisotopic (exact) mass is 505 g/mol. The third-order valence-electron chi connectivity index (χ3n) is 5.47. The lowest BCUT2D eigenvalue weighted by Crippen LogP contribution is -2.52. The molecule has 2 rings (SSSR count). The smallest absolute Gasteiger partial charge is 0.244 e. The van der Waals surface area contributed by atoms with Gasteiger partial charge in [0.2, 0.25) is 21.8 Å². The Morgan fingerprint density at radius 3 is 2.26 bits per heavy atom. The summed E-state index contributed by atoms with van der Waals surface area (Å²) in [6, 6.07) is 13.2. The lowest BCUT2D eigenvalue weighted by molar-refractivity contribution is -0.140. The van der Waals surface area contributed by atoms with Gasteiger partial charge in [-0.1, -0.05) is 44.2 Å². The molecule has 192 valence electrons. The lowest BCUT2D eigenvalue weighted by atomic mass is 10.1. The van der Waals surface area contributed by atoms with Crippen LogP contribution in [-0.4, -0.2) is 64.7 Å². The van der Waals surface area contributed by atoms with Crippen LogP contribution < -0.4 is 19.1 Å². The molecule has 0 radical (unpaired) electrons. The van der Waals surface area contributed by atoms with E-state index in [9.17, 15) is 18.0 Å². The fourth-order valence-electron chi connectivity index (χ4n) is 3.65. The van der Waals surface area contributed by atoms with Crippen molar-refractivity contribution in [1.29, 1.82) is 0 Å². The van der Waals surface area contributed by atoms with E-state index in [4.69, 9.17) is 9.47 Å². The Labute approximate surface area is 208 Å². The first kappa shape index (κ1) is 28.0. The summed E-state index contributed by atoms with van der Waals surface area (Å²) >= 11 is 0. The van der Waals surface area contributed by atoms with Crippen LogP contribution in [0.25, 0.3) is 0 Å². The summed E-state index contributed by atoms with van der Waals surface area (Å²) in [5.74, 6) is -0.0538. The number of hydrogen-bond acceptors (Lipinski definition) is 6. The summed E-state index contributed by atoms with van der Waals surface area (Å²) in [6.07, 6.45) is 2.16. The number of benzene rings is 2. The molecule has 0 saturated heterocycles. The molecule has 0 bridgehead atoms. The van der Waals surface area contributed by atoms with Crippen LogP contribution in [0.5, 0.6) is 11.5 Å². The molecule has 35 heavy (non-hydrogen) atoms. The largest absolute Gasteiger partial charge is 0.497 e. The van der Waals surface area contributed by atoms with Gasteiger partial charge >= 0.3 is 0 Å². The standard InChI is InChI=1S/C25H35N3O6S/c1-6-15-26-25(30)21(7-2)27(17-19-11-9-8-10-12-19)24(29)18-28(35(5,31)32)22-14-13-20(33-3)16-23(22)34-4/h8-14,16,21H,6-7,15,17-18H2,1-5H3,(H,26,30)/t21-/m1/s1. The predicted octanol–water partition coefficient (Wildman–Crippen LogP) is 2.80. The van der Waals surface area contributed by atoms with E-state index >= 15 is 0 Å². The zero-order valence-corrected chi connectivity index (χ0v) is 21.8. The average molecular weight is 506 g/mol. The third-order valence-corrected chi connectivity index (χ3v) is 6.59. The van der Waals surface area contributed by atoms with Crippen LogP contribution in [0, 0.1) is 0 Å². The van der Waals surface area contributed by atoms with Gasteiger partial charge in [-0.25, -0.2) is 8.42 Å². The topological polar surface area (TPSA) is 105 Å². The van der Waals surface area contributed by atoms with Crippen LogP contribution in [0.2, 0.25) is 0 Å². The van der Waals surface area contributed by atoms with Gasteiger partial charge in [-0.2, -0.15) is 0 Å². The fraction of sp³-hybridized carbons (Fsp3) is 0.440. The number of anilines is 1. The lowest BCUT2D eigenvalue weighted by Gasteiger charge is -2.33. The molecule has 9 nitrogen and oxygen atoms in total. The van der Waals surface area contributed by atoms with Crippen molar-refractivity contribution in [1.82, 2.24) is 10.2 Å². The van der Waals surface area contributed by atoms with Crippen LogP contribution >= 0.6 is 0 Å². The number of carbonyl (C=O) groups is 2. The molecule has 0 aliphatic carbocycles. The van der Waals surface area contributed by atoms with Gasteiger partial charge in [-0.05, 0) is 30.5 Å². The second-order valence-corrected chi connectivity index (χ2v) is 9.94. The minimum Gasteiger partial charge on any atom is -0.497 e. The molecule has 0 aromatic heterocycles. The third kappa shape index (κ3) is 7.61. The first-order valence-electron chi connectivity index (χ1n) is 11.5. The summed E-state index contributed by atoms with van der Waals surface area (Å²) in [7, 11) is -0.975. The van der Waals surface area contributed by atoms with Gasteiger partial charge in [0, 0.05) is 19.2 Å². The Morgan fingerprint density at radius 2 is 1.71 bits per heavy atom. The SMILES string of the molecule is CCCNC(=O)[C@@H](CC)N(Cc1ccccc1)C(=O)CN(c1ccc(OC)cc1OC)S(C)(=O)=O. The molecule has 0 fully saturated rings. The van der Waals surface area contributed by atoms with E-state index in [0.29, 0.717) is 18.7 Å². The maximum atomic E-state index is 13.7. The Bertz CT molecular complexity index is 1090. The molecule has 2 amide bonds. The zero-order chi connectivity index (χ0) is 26.0. The van der Waals surface area contributed by atoms with Crippen LogP contribution in [0.4, 0.5) is 5.69 Å². The summed E-state index contributed by atoms with van der Waals surface area (Å²) in [5.41, 5.74) is 1.03. The maximum Gasteiger partial charge on any atom is 0.244 e. The van der Waals surface area contributed by atoms with Crippen molar-refractivity contribution in [2.45, 2.75) is 39.3 Å². The second-order valence-electron chi connectivity index (χ2n) is 8.03. The molecule has 0 aliphatic rings. The van der Waals surface area contributed by atoms with E-state index in [1.807, 2.05) is 44.2 Å². The summed E-state index contributed by atoms with van der Waals surface area (Å²) in [4.78, 5) is 28.0. The number of rotatable bonds is 13. The molecule has 0 heterocycles. The van der Waals surface area contributed by atoms with E-state index in [1.165, 1.54) is 25.2 Å². The normalized spacial score (nSPS) is 11.9. The number of hydrogen-bond donors (Lipinski definition) is 1. The van der Waals surface area contributed by atoms with Gasteiger partial charge in [0.1, 0.15) is 24.1 Å². The highest BCUT2D eigenvalue weighted by atomic mass is 32.2. The van der Waals surface area contributed by atoms with Crippen molar-refractivity contribution >= 4 is 27.5 Å². The molecule has 0 saturated carbocycles.